The predicted molar refractivity (Wildman–Crippen MR) is 72.0 cm³/mol. The maximum absolute atomic E-state index is 13.6. The summed E-state index contributed by atoms with van der Waals surface area (Å²) < 4.78 is 19.1. The normalized spacial score (nSPS) is 10.6. The predicted octanol–water partition coefficient (Wildman–Crippen LogP) is 3.95. The number of hydrogen-bond acceptors (Lipinski definition) is 3. The molecule has 0 unspecified atom stereocenters. The summed E-state index contributed by atoms with van der Waals surface area (Å²) in [7, 11) is 0. The molecule has 0 amide bonds. The molecular formula is C13H13ClFNOS. The van der Waals surface area contributed by atoms with Crippen LogP contribution in [0.1, 0.15) is 16.3 Å². The van der Waals surface area contributed by atoms with E-state index >= 15 is 0 Å². The molecule has 0 atom stereocenters. The summed E-state index contributed by atoms with van der Waals surface area (Å²) in [6, 6.07) is 5.13. The Bertz CT molecular complexity index is 529. The van der Waals surface area contributed by atoms with Crippen LogP contribution in [0.15, 0.2) is 23.6 Å². The van der Waals surface area contributed by atoms with Crippen LogP contribution < -0.4 is 4.74 Å². The highest BCUT2D eigenvalue weighted by Gasteiger charge is 2.06. The highest BCUT2D eigenvalue weighted by atomic mass is 35.5. The van der Waals surface area contributed by atoms with E-state index in [2.05, 4.69) is 4.98 Å². The third kappa shape index (κ3) is 3.21. The summed E-state index contributed by atoms with van der Waals surface area (Å²) in [4.78, 5) is 4.31. The zero-order chi connectivity index (χ0) is 13.0. The van der Waals surface area contributed by atoms with Crippen LogP contribution in [0.5, 0.6) is 5.75 Å². The molecule has 96 valence electrons. The van der Waals surface area contributed by atoms with Gasteiger partial charge in [0.05, 0.1) is 23.2 Å². The van der Waals surface area contributed by atoms with Crippen molar-refractivity contribution in [3.63, 3.8) is 0 Å². The lowest BCUT2D eigenvalue weighted by atomic mass is 10.2. The number of aromatic nitrogens is 1. The fourth-order valence-electron chi connectivity index (χ4n) is 1.51. The Morgan fingerprint density at radius 3 is 3.00 bits per heavy atom. The Morgan fingerprint density at radius 2 is 2.28 bits per heavy atom. The van der Waals surface area contributed by atoms with Gasteiger partial charge >= 0.3 is 0 Å². The van der Waals surface area contributed by atoms with Gasteiger partial charge in [0.1, 0.15) is 0 Å². The lowest BCUT2D eigenvalue weighted by Gasteiger charge is -2.07. The molecule has 0 saturated heterocycles. The van der Waals surface area contributed by atoms with Crippen molar-refractivity contribution in [3.8, 4) is 5.75 Å². The highest BCUT2D eigenvalue weighted by Crippen LogP contribution is 2.20. The van der Waals surface area contributed by atoms with Crippen molar-refractivity contribution in [2.75, 3.05) is 6.61 Å². The van der Waals surface area contributed by atoms with E-state index in [0.717, 1.165) is 10.7 Å². The molecule has 0 N–H and O–H groups in total. The van der Waals surface area contributed by atoms with Gasteiger partial charge in [-0.15, -0.1) is 22.9 Å². The maximum Gasteiger partial charge on any atom is 0.167 e. The van der Waals surface area contributed by atoms with E-state index in [1.807, 2.05) is 5.38 Å². The number of halogens is 2. The van der Waals surface area contributed by atoms with E-state index in [-0.39, 0.29) is 5.82 Å². The van der Waals surface area contributed by atoms with Gasteiger partial charge in [-0.1, -0.05) is 12.1 Å². The Morgan fingerprint density at radius 1 is 1.44 bits per heavy atom. The SMILES string of the molecule is Cc1cccc(OCCc2nc(CCl)cs2)c1F. The molecule has 5 heteroatoms. The fraction of sp³-hybridized carbons (Fsp3) is 0.308. The minimum atomic E-state index is -0.293. The van der Waals surface area contributed by atoms with Crippen LogP contribution in [-0.4, -0.2) is 11.6 Å². The Balaban J connectivity index is 1.90. The second-order valence-corrected chi connectivity index (χ2v) is 5.06. The van der Waals surface area contributed by atoms with Crippen LogP contribution in [0, 0.1) is 12.7 Å². The van der Waals surface area contributed by atoms with Crippen molar-refractivity contribution in [3.05, 3.63) is 45.7 Å². The Kier molecular flexibility index (Phi) is 4.55. The molecule has 0 bridgehead atoms. The van der Waals surface area contributed by atoms with Crippen LogP contribution in [0.25, 0.3) is 0 Å². The average Bonchev–Trinajstić information content (AvgIpc) is 2.82. The monoisotopic (exact) mass is 285 g/mol. The third-order valence-electron chi connectivity index (χ3n) is 2.47. The minimum Gasteiger partial charge on any atom is -0.490 e. The molecule has 1 aromatic heterocycles. The number of alkyl halides is 1. The summed E-state index contributed by atoms with van der Waals surface area (Å²) in [6.45, 7) is 2.13. The van der Waals surface area contributed by atoms with Crippen LogP contribution >= 0.6 is 22.9 Å². The molecular weight excluding hydrogens is 273 g/mol. The molecule has 0 spiro atoms. The lowest BCUT2D eigenvalue weighted by Crippen LogP contribution is -2.03. The van der Waals surface area contributed by atoms with E-state index < -0.39 is 0 Å². The molecule has 1 aromatic carbocycles. The number of ether oxygens (including phenoxy) is 1. The number of benzene rings is 1. The molecule has 0 fully saturated rings. The quantitative estimate of drug-likeness (QED) is 0.776. The van der Waals surface area contributed by atoms with Crippen molar-refractivity contribution in [2.45, 2.75) is 19.2 Å². The molecule has 0 aliphatic carbocycles. The van der Waals surface area contributed by atoms with Gasteiger partial charge < -0.3 is 4.74 Å². The van der Waals surface area contributed by atoms with Gasteiger partial charge in [0.2, 0.25) is 0 Å². The molecule has 2 aromatic rings. The molecule has 0 aliphatic rings. The first-order valence-corrected chi connectivity index (χ1v) is 6.99. The molecule has 0 saturated carbocycles. The molecule has 0 aliphatic heterocycles. The van der Waals surface area contributed by atoms with E-state index in [9.17, 15) is 4.39 Å². The second-order valence-electron chi connectivity index (χ2n) is 3.85. The Hall–Kier alpha value is -1.13. The van der Waals surface area contributed by atoms with Crippen molar-refractivity contribution in [1.29, 1.82) is 0 Å². The number of hydrogen-bond donors (Lipinski definition) is 0. The molecule has 18 heavy (non-hydrogen) atoms. The topological polar surface area (TPSA) is 22.1 Å². The minimum absolute atomic E-state index is 0.293. The third-order valence-corrected chi connectivity index (χ3v) is 3.70. The second kappa shape index (κ2) is 6.16. The number of rotatable bonds is 5. The van der Waals surface area contributed by atoms with Crippen LogP contribution in [0.3, 0.4) is 0 Å². The van der Waals surface area contributed by atoms with Crippen LogP contribution in [-0.2, 0) is 12.3 Å². The summed E-state index contributed by atoms with van der Waals surface area (Å²) in [5.41, 5.74) is 1.46. The van der Waals surface area contributed by atoms with Gasteiger partial charge in [0.25, 0.3) is 0 Å². The van der Waals surface area contributed by atoms with E-state index in [4.69, 9.17) is 16.3 Å². The first-order chi connectivity index (χ1) is 8.70. The van der Waals surface area contributed by atoms with Gasteiger partial charge in [-0.2, -0.15) is 0 Å². The highest BCUT2D eigenvalue weighted by molar-refractivity contribution is 7.09. The summed E-state index contributed by atoms with van der Waals surface area (Å²) >= 11 is 7.22. The molecule has 1 heterocycles. The Labute approximate surface area is 114 Å². The molecule has 2 rings (SSSR count). The van der Waals surface area contributed by atoms with Gasteiger partial charge in [-0.05, 0) is 18.6 Å². The number of nitrogens with zero attached hydrogens (tertiary/aromatic N) is 1. The maximum atomic E-state index is 13.6. The first-order valence-electron chi connectivity index (χ1n) is 5.58. The van der Waals surface area contributed by atoms with Crippen LogP contribution in [0.4, 0.5) is 4.39 Å². The van der Waals surface area contributed by atoms with Crippen LogP contribution in [0.2, 0.25) is 0 Å². The van der Waals surface area contributed by atoms with E-state index in [0.29, 0.717) is 30.2 Å². The number of thiazole rings is 1. The fourth-order valence-corrected chi connectivity index (χ4v) is 2.51. The molecule has 2 nitrogen and oxygen atoms in total. The average molecular weight is 286 g/mol. The van der Waals surface area contributed by atoms with E-state index in [1.165, 1.54) is 0 Å². The van der Waals surface area contributed by atoms with Crippen molar-refractivity contribution in [2.24, 2.45) is 0 Å². The van der Waals surface area contributed by atoms with Gasteiger partial charge in [0.15, 0.2) is 11.6 Å². The lowest BCUT2D eigenvalue weighted by molar-refractivity contribution is 0.304. The van der Waals surface area contributed by atoms with Crippen molar-refractivity contribution < 1.29 is 9.13 Å². The van der Waals surface area contributed by atoms with Crippen molar-refractivity contribution >= 4 is 22.9 Å². The van der Waals surface area contributed by atoms with Gasteiger partial charge in [-0.25, -0.2) is 9.37 Å². The summed E-state index contributed by atoms with van der Waals surface area (Å²) in [5, 5.41) is 2.88. The number of aryl methyl sites for hydroxylation is 1. The first kappa shape index (κ1) is 13.3. The van der Waals surface area contributed by atoms with Crippen molar-refractivity contribution in [1.82, 2.24) is 4.98 Å². The molecule has 0 radical (unpaired) electrons. The standard InChI is InChI=1S/C13H13ClFNOS/c1-9-3-2-4-11(13(9)15)17-6-5-12-16-10(7-14)8-18-12/h2-4,8H,5-7H2,1H3. The smallest absolute Gasteiger partial charge is 0.167 e. The zero-order valence-corrected chi connectivity index (χ0v) is 11.5. The zero-order valence-electron chi connectivity index (χ0n) is 9.95. The largest absolute Gasteiger partial charge is 0.490 e. The van der Waals surface area contributed by atoms with Gasteiger partial charge in [0, 0.05) is 11.8 Å². The summed E-state index contributed by atoms with van der Waals surface area (Å²) in [6.07, 6.45) is 0.662. The summed E-state index contributed by atoms with van der Waals surface area (Å²) in [5.74, 6) is 0.423. The van der Waals surface area contributed by atoms with Gasteiger partial charge in [-0.3, -0.25) is 0 Å². The van der Waals surface area contributed by atoms with E-state index in [1.54, 1.807) is 36.5 Å².